The van der Waals surface area contributed by atoms with E-state index in [4.69, 9.17) is 0 Å². The first-order valence-corrected chi connectivity index (χ1v) is 8.82. The van der Waals surface area contributed by atoms with Gasteiger partial charge in [-0.15, -0.1) is 0 Å². The van der Waals surface area contributed by atoms with Gasteiger partial charge in [-0.25, -0.2) is 0 Å². The minimum absolute atomic E-state index is 0.0535. The highest BCUT2D eigenvalue weighted by Gasteiger charge is 2.43. The first-order valence-electron chi connectivity index (χ1n) is 8.82. The van der Waals surface area contributed by atoms with E-state index in [1.807, 2.05) is 38.1 Å². The van der Waals surface area contributed by atoms with Crippen LogP contribution in [0.5, 0.6) is 0 Å². The van der Waals surface area contributed by atoms with E-state index in [1.54, 1.807) is 35.6 Å². The predicted octanol–water partition coefficient (Wildman–Crippen LogP) is 2.58. The molecule has 0 bridgehead atoms. The molecule has 1 fully saturated rings. The molecule has 1 saturated heterocycles. The molecule has 3 aromatic rings. The van der Waals surface area contributed by atoms with E-state index in [9.17, 15) is 9.59 Å². The van der Waals surface area contributed by atoms with Gasteiger partial charge in [-0.1, -0.05) is 12.1 Å². The number of likely N-dealkylation sites (tertiary alicyclic amines) is 1. The highest BCUT2D eigenvalue weighted by molar-refractivity contribution is 5.99. The second kappa shape index (κ2) is 6.46. The van der Waals surface area contributed by atoms with Crippen molar-refractivity contribution in [3.8, 4) is 0 Å². The smallest absolute Gasteiger partial charge is 0.255 e. The Hall–Kier alpha value is -3.28. The maximum absolute atomic E-state index is 12.6. The van der Waals surface area contributed by atoms with Crippen LogP contribution in [-0.4, -0.2) is 45.3 Å². The van der Waals surface area contributed by atoms with E-state index < -0.39 is 5.54 Å². The van der Waals surface area contributed by atoms with E-state index >= 15 is 0 Å². The number of rotatable bonds is 3. The lowest BCUT2D eigenvalue weighted by molar-refractivity contribution is 0.0330. The maximum Gasteiger partial charge on any atom is 0.255 e. The number of hydrogen-bond acceptors (Lipinski definition) is 4. The zero-order chi connectivity index (χ0) is 19.0. The molecule has 6 heteroatoms. The van der Waals surface area contributed by atoms with Gasteiger partial charge >= 0.3 is 0 Å². The number of benzene rings is 1. The number of nitrogens with zero attached hydrogens (tertiary/aromatic N) is 3. The van der Waals surface area contributed by atoms with Crippen molar-refractivity contribution in [1.29, 1.82) is 0 Å². The van der Waals surface area contributed by atoms with Gasteiger partial charge in [-0.2, -0.15) is 0 Å². The van der Waals surface area contributed by atoms with Crippen molar-refractivity contribution in [1.82, 2.24) is 20.2 Å². The average molecular weight is 360 g/mol. The summed E-state index contributed by atoms with van der Waals surface area (Å²) in [5.74, 6) is -0.211. The van der Waals surface area contributed by atoms with Crippen molar-refractivity contribution in [3.05, 3.63) is 71.7 Å². The molecule has 0 aliphatic carbocycles. The second-order valence-electron chi connectivity index (χ2n) is 7.28. The molecule has 136 valence electrons. The van der Waals surface area contributed by atoms with Crippen LogP contribution in [0.3, 0.4) is 0 Å². The quantitative estimate of drug-likeness (QED) is 0.779. The van der Waals surface area contributed by atoms with Gasteiger partial charge in [0.2, 0.25) is 0 Å². The molecule has 1 aliphatic rings. The normalized spacial score (nSPS) is 15.3. The highest BCUT2D eigenvalue weighted by atomic mass is 16.2. The lowest BCUT2D eigenvalue weighted by atomic mass is 9.90. The van der Waals surface area contributed by atoms with Crippen LogP contribution < -0.4 is 5.32 Å². The Kier molecular flexibility index (Phi) is 4.11. The van der Waals surface area contributed by atoms with Crippen molar-refractivity contribution < 1.29 is 9.59 Å². The number of fused-ring (bicyclic) bond motifs is 1. The SMILES string of the molecule is Cc1ccncc1C(=O)N1CC(C)(NC(=O)c2ccc3cccnc3c2)C1. The number of pyridine rings is 2. The molecule has 0 atom stereocenters. The molecule has 2 aromatic heterocycles. The monoisotopic (exact) mass is 360 g/mol. The van der Waals surface area contributed by atoms with Crippen LogP contribution in [0.1, 0.15) is 33.2 Å². The Morgan fingerprint density at radius 2 is 1.96 bits per heavy atom. The van der Waals surface area contributed by atoms with E-state index in [2.05, 4.69) is 15.3 Å². The van der Waals surface area contributed by atoms with Crippen LogP contribution in [0.15, 0.2) is 55.0 Å². The molecule has 0 unspecified atom stereocenters. The Morgan fingerprint density at radius 1 is 1.15 bits per heavy atom. The molecular weight excluding hydrogens is 340 g/mol. The summed E-state index contributed by atoms with van der Waals surface area (Å²) in [5.41, 5.74) is 2.41. The minimum Gasteiger partial charge on any atom is -0.343 e. The van der Waals surface area contributed by atoms with Gasteiger partial charge in [0.15, 0.2) is 0 Å². The lowest BCUT2D eigenvalue weighted by Crippen LogP contribution is -2.69. The number of nitrogens with one attached hydrogen (secondary N) is 1. The summed E-state index contributed by atoms with van der Waals surface area (Å²) >= 11 is 0. The summed E-state index contributed by atoms with van der Waals surface area (Å²) in [4.78, 5) is 35.3. The highest BCUT2D eigenvalue weighted by Crippen LogP contribution is 2.24. The zero-order valence-electron chi connectivity index (χ0n) is 15.3. The molecule has 2 amide bonds. The summed E-state index contributed by atoms with van der Waals surface area (Å²) in [6.07, 6.45) is 4.97. The Balaban J connectivity index is 1.43. The first-order chi connectivity index (χ1) is 13.0. The van der Waals surface area contributed by atoms with Crippen LogP contribution in [0.2, 0.25) is 0 Å². The van der Waals surface area contributed by atoms with Gasteiger partial charge in [0.1, 0.15) is 0 Å². The fourth-order valence-electron chi connectivity index (χ4n) is 3.43. The summed E-state index contributed by atoms with van der Waals surface area (Å²) in [6.45, 7) is 4.78. The fourth-order valence-corrected chi connectivity index (χ4v) is 3.43. The third-order valence-electron chi connectivity index (χ3n) is 4.92. The van der Waals surface area contributed by atoms with Crippen molar-refractivity contribution in [2.75, 3.05) is 13.1 Å². The molecule has 6 nitrogen and oxygen atoms in total. The van der Waals surface area contributed by atoms with Gasteiger partial charge in [0.05, 0.1) is 16.6 Å². The van der Waals surface area contributed by atoms with Gasteiger partial charge in [-0.3, -0.25) is 19.6 Å². The summed E-state index contributed by atoms with van der Waals surface area (Å²) in [7, 11) is 0. The van der Waals surface area contributed by atoms with Gasteiger partial charge in [-0.05, 0) is 43.7 Å². The van der Waals surface area contributed by atoms with Gasteiger partial charge in [0.25, 0.3) is 11.8 Å². The van der Waals surface area contributed by atoms with Crippen molar-refractivity contribution in [2.45, 2.75) is 19.4 Å². The molecule has 0 spiro atoms. The number of aromatic nitrogens is 2. The molecule has 27 heavy (non-hydrogen) atoms. The van der Waals surface area contributed by atoms with Crippen LogP contribution in [0, 0.1) is 6.92 Å². The van der Waals surface area contributed by atoms with E-state index in [1.165, 1.54) is 0 Å². The standard InChI is InChI=1S/C21H20N4O2/c1-14-7-9-22-11-17(14)20(27)25-12-21(2,13-25)24-19(26)16-6-5-15-4-3-8-23-18(15)10-16/h3-11H,12-13H2,1-2H3,(H,24,26). The lowest BCUT2D eigenvalue weighted by Gasteiger charge is -2.48. The fraction of sp³-hybridized carbons (Fsp3) is 0.238. The van der Waals surface area contributed by atoms with Crippen LogP contribution in [-0.2, 0) is 0 Å². The van der Waals surface area contributed by atoms with Gasteiger partial charge < -0.3 is 10.2 Å². The Morgan fingerprint density at radius 3 is 2.74 bits per heavy atom. The van der Waals surface area contributed by atoms with Crippen molar-refractivity contribution in [2.24, 2.45) is 0 Å². The van der Waals surface area contributed by atoms with Crippen LogP contribution in [0.25, 0.3) is 10.9 Å². The summed E-state index contributed by atoms with van der Waals surface area (Å²) in [6, 6.07) is 11.1. The summed E-state index contributed by atoms with van der Waals surface area (Å²) < 4.78 is 0. The Labute approximate surface area is 157 Å². The molecule has 3 heterocycles. The number of carbonyl (C=O) groups excluding carboxylic acids is 2. The van der Waals surface area contributed by atoms with Crippen molar-refractivity contribution >= 4 is 22.7 Å². The van der Waals surface area contributed by atoms with Crippen LogP contribution >= 0.6 is 0 Å². The third-order valence-corrected chi connectivity index (χ3v) is 4.92. The topological polar surface area (TPSA) is 75.2 Å². The van der Waals surface area contributed by atoms with E-state index in [0.29, 0.717) is 24.2 Å². The Bertz CT molecular complexity index is 1040. The minimum atomic E-state index is -0.443. The summed E-state index contributed by atoms with van der Waals surface area (Å²) in [5, 5.41) is 4.04. The van der Waals surface area contributed by atoms with Gasteiger partial charge in [0, 0.05) is 42.6 Å². The molecule has 0 radical (unpaired) electrons. The average Bonchev–Trinajstić information content (AvgIpc) is 2.65. The molecule has 0 saturated carbocycles. The predicted molar refractivity (Wildman–Crippen MR) is 102 cm³/mol. The second-order valence-corrected chi connectivity index (χ2v) is 7.28. The molecule has 1 aromatic carbocycles. The zero-order valence-corrected chi connectivity index (χ0v) is 15.3. The largest absolute Gasteiger partial charge is 0.343 e. The maximum atomic E-state index is 12.6. The van der Waals surface area contributed by atoms with Crippen LogP contribution in [0.4, 0.5) is 0 Å². The number of carbonyl (C=O) groups is 2. The third kappa shape index (κ3) is 3.26. The first kappa shape index (κ1) is 17.1. The number of aryl methyl sites for hydroxylation is 1. The van der Waals surface area contributed by atoms with E-state index in [0.717, 1.165) is 16.5 Å². The molecular formula is C21H20N4O2. The molecule has 1 N–H and O–H groups in total. The van der Waals surface area contributed by atoms with E-state index in [-0.39, 0.29) is 11.8 Å². The number of hydrogen-bond donors (Lipinski definition) is 1. The molecule has 1 aliphatic heterocycles. The van der Waals surface area contributed by atoms with Crippen molar-refractivity contribution in [3.63, 3.8) is 0 Å². The number of amides is 2. The molecule has 4 rings (SSSR count).